The first-order chi connectivity index (χ1) is 13.4. The molecule has 148 valence electrons. The molecule has 28 heavy (non-hydrogen) atoms. The maximum Gasteiger partial charge on any atom is 0.254 e. The number of nitrogens with one attached hydrogen (secondary N) is 1. The molecule has 0 bridgehead atoms. The molecular weight excluding hydrogens is 378 g/mol. The largest absolute Gasteiger partial charge is 0.473 e. The van der Waals surface area contributed by atoms with Crippen molar-refractivity contribution in [2.75, 3.05) is 0 Å². The van der Waals surface area contributed by atoms with Crippen molar-refractivity contribution < 1.29 is 14.3 Å². The number of amides is 2. The predicted molar refractivity (Wildman–Crippen MR) is 107 cm³/mol. The smallest absolute Gasteiger partial charge is 0.254 e. The molecule has 1 aromatic carbocycles. The van der Waals surface area contributed by atoms with Gasteiger partial charge in [0.25, 0.3) is 5.91 Å². The first-order valence-electron chi connectivity index (χ1n) is 9.40. The monoisotopic (exact) mass is 401 g/mol. The Bertz CT molecular complexity index is 853. The van der Waals surface area contributed by atoms with Crippen LogP contribution in [0.2, 0.25) is 5.02 Å². The van der Waals surface area contributed by atoms with Crippen molar-refractivity contribution in [1.82, 2.24) is 10.3 Å². The minimum atomic E-state index is -1.36. The molecule has 0 spiro atoms. The molecule has 2 aromatic rings. The van der Waals surface area contributed by atoms with Gasteiger partial charge in [-0.15, -0.1) is 0 Å². The van der Waals surface area contributed by atoms with E-state index in [2.05, 4.69) is 10.3 Å². The third-order valence-electron chi connectivity index (χ3n) is 5.11. The SMILES string of the molecule is CC(NC(=O)c1cnc(OC2CCCCC2)c(Cl)c1)(C(N)=O)c1ccccc1. The molecule has 1 unspecified atom stereocenters. The second-order valence-electron chi connectivity index (χ2n) is 7.20. The van der Waals surface area contributed by atoms with E-state index in [0.717, 1.165) is 25.7 Å². The Morgan fingerprint density at radius 3 is 2.50 bits per heavy atom. The van der Waals surface area contributed by atoms with Gasteiger partial charge in [0.15, 0.2) is 0 Å². The number of rotatable bonds is 6. The Balaban J connectivity index is 1.76. The molecule has 0 saturated heterocycles. The quantitative estimate of drug-likeness (QED) is 0.773. The van der Waals surface area contributed by atoms with E-state index in [1.165, 1.54) is 18.7 Å². The van der Waals surface area contributed by atoms with Crippen LogP contribution in [0.4, 0.5) is 0 Å². The van der Waals surface area contributed by atoms with Crippen LogP contribution in [-0.4, -0.2) is 22.9 Å². The van der Waals surface area contributed by atoms with Crippen molar-refractivity contribution in [2.24, 2.45) is 5.73 Å². The van der Waals surface area contributed by atoms with Gasteiger partial charge >= 0.3 is 0 Å². The van der Waals surface area contributed by atoms with Crippen LogP contribution in [0.25, 0.3) is 0 Å². The minimum absolute atomic E-state index is 0.106. The Morgan fingerprint density at radius 1 is 1.21 bits per heavy atom. The number of nitrogens with two attached hydrogens (primary N) is 1. The zero-order valence-electron chi connectivity index (χ0n) is 15.8. The van der Waals surface area contributed by atoms with Gasteiger partial charge in [-0.05, 0) is 44.2 Å². The van der Waals surface area contributed by atoms with E-state index in [9.17, 15) is 9.59 Å². The summed E-state index contributed by atoms with van der Waals surface area (Å²) in [5, 5.41) is 2.96. The van der Waals surface area contributed by atoms with E-state index in [-0.39, 0.29) is 16.7 Å². The number of ether oxygens (including phenoxy) is 1. The van der Waals surface area contributed by atoms with E-state index in [1.54, 1.807) is 31.2 Å². The highest BCUT2D eigenvalue weighted by Crippen LogP contribution is 2.28. The Kier molecular flexibility index (Phi) is 6.19. The number of aromatic nitrogens is 1. The van der Waals surface area contributed by atoms with E-state index >= 15 is 0 Å². The third-order valence-corrected chi connectivity index (χ3v) is 5.38. The van der Waals surface area contributed by atoms with Crippen LogP contribution in [0.1, 0.15) is 54.9 Å². The molecule has 1 saturated carbocycles. The zero-order valence-corrected chi connectivity index (χ0v) is 16.5. The highest BCUT2D eigenvalue weighted by atomic mass is 35.5. The highest BCUT2D eigenvalue weighted by Gasteiger charge is 2.35. The van der Waals surface area contributed by atoms with Crippen molar-refractivity contribution >= 4 is 23.4 Å². The van der Waals surface area contributed by atoms with Gasteiger partial charge in [0.05, 0.1) is 5.56 Å². The first kappa shape index (κ1) is 20.1. The number of pyridine rings is 1. The summed E-state index contributed by atoms with van der Waals surface area (Å²) in [6.45, 7) is 1.57. The molecule has 6 nitrogen and oxygen atoms in total. The number of carbonyl (C=O) groups excluding carboxylic acids is 2. The maximum absolute atomic E-state index is 12.7. The number of primary amides is 1. The van der Waals surface area contributed by atoms with Gasteiger partial charge < -0.3 is 15.8 Å². The standard InChI is InChI=1S/C21H24ClN3O3/c1-21(20(23)27,15-8-4-2-5-9-15)25-18(26)14-12-17(22)19(24-13-14)28-16-10-6-3-7-11-16/h2,4-5,8-9,12-13,16H,3,6-7,10-11H2,1H3,(H2,23,27)(H,25,26). The van der Waals surface area contributed by atoms with Crippen LogP contribution in [0.15, 0.2) is 42.6 Å². The summed E-state index contributed by atoms with van der Waals surface area (Å²) in [6, 6.07) is 10.3. The second-order valence-corrected chi connectivity index (χ2v) is 7.61. The Labute approximate surface area is 169 Å². The molecule has 1 aliphatic rings. The van der Waals surface area contributed by atoms with Crippen molar-refractivity contribution in [2.45, 2.75) is 50.7 Å². The topological polar surface area (TPSA) is 94.3 Å². The van der Waals surface area contributed by atoms with Gasteiger partial charge in [-0.1, -0.05) is 48.4 Å². The number of halogens is 1. The van der Waals surface area contributed by atoms with Crippen molar-refractivity contribution in [3.05, 3.63) is 58.7 Å². The highest BCUT2D eigenvalue weighted by molar-refractivity contribution is 6.32. The average molecular weight is 402 g/mol. The first-order valence-corrected chi connectivity index (χ1v) is 9.78. The molecule has 1 heterocycles. The van der Waals surface area contributed by atoms with E-state index in [4.69, 9.17) is 22.1 Å². The van der Waals surface area contributed by atoms with Crippen molar-refractivity contribution in [3.63, 3.8) is 0 Å². The fourth-order valence-electron chi connectivity index (χ4n) is 3.32. The van der Waals surface area contributed by atoms with Crippen LogP contribution in [0.3, 0.4) is 0 Å². The van der Waals surface area contributed by atoms with Crippen molar-refractivity contribution in [1.29, 1.82) is 0 Å². The number of hydrogen-bond acceptors (Lipinski definition) is 4. The molecule has 1 aromatic heterocycles. The lowest BCUT2D eigenvalue weighted by molar-refractivity contribution is -0.123. The van der Waals surface area contributed by atoms with Crippen LogP contribution < -0.4 is 15.8 Å². The fraction of sp³-hybridized carbons (Fsp3) is 0.381. The molecule has 7 heteroatoms. The van der Waals surface area contributed by atoms with E-state index < -0.39 is 17.4 Å². The Hall–Kier alpha value is -2.60. The number of carbonyl (C=O) groups is 2. The number of benzene rings is 1. The molecule has 2 amide bonds. The third kappa shape index (κ3) is 4.44. The summed E-state index contributed by atoms with van der Waals surface area (Å²) in [5.74, 6) is -0.835. The van der Waals surface area contributed by atoms with Gasteiger partial charge in [-0.3, -0.25) is 9.59 Å². The van der Waals surface area contributed by atoms with Gasteiger partial charge in [-0.25, -0.2) is 4.98 Å². The molecule has 1 fully saturated rings. The summed E-state index contributed by atoms with van der Waals surface area (Å²) in [6.07, 6.45) is 6.95. The van der Waals surface area contributed by atoms with Gasteiger partial charge in [0.1, 0.15) is 16.7 Å². The number of nitrogens with zero attached hydrogens (tertiary/aromatic N) is 1. The zero-order chi connectivity index (χ0) is 20.1. The van der Waals surface area contributed by atoms with Gasteiger partial charge in [-0.2, -0.15) is 0 Å². The summed E-state index contributed by atoms with van der Waals surface area (Å²) in [4.78, 5) is 29.0. The molecule has 1 aliphatic carbocycles. The fourth-order valence-corrected chi connectivity index (χ4v) is 3.53. The molecule has 3 rings (SSSR count). The Morgan fingerprint density at radius 2 is 1.89 bits per heavy atom. The van der Waals surface area contributed by atoms with Crippen LogP contribution >= 0.6 is 11.6 Å². The lowest BCUT2D eigenvalue weighted by Crippen LogP contribution is -2.52. The average Bonchev–Trinajstić information content (AvgIpc) is 2.70. The number of hydrogen-bond donors (Lipinski definition) is 2. The van der Waals surface area contributed by atoms with Crippen molar-refractivity contribution in [3.8, 4) is 5.88 Å². The molecule has 3 N–H and O–H groups in total. The van der Waals surface area contributed by atoms with Crippen LogP contribution in [-0.2, 0) is 10.3 Å². The van der Waals surface area contributed by atoms with Gasteiger partial charge in [0.2, 0.25) is 11.8 Å². The maximum atomic E-state index is 12.7. The summed E-state index contributed by atoms with van der Waals surface area (Å²) in [7, 11) is 0. The normalized spacial score (nSPS) is 16.8. The minimum Gasteiger partial charge on any atom is -0.473 e. The van der Waals surface area contributed by atoms with E-state index in [1.807, 2.05) is 6.07 Å². The summed E-state index contributed by atoms with van der Waals surface area (Å²) < 4.78 is 5.88. The molecule has 0 aliphatic heterocycles. The van der Waals surface area contributed by atoms with Crippen LogP contribution in [0, 0.1) is 0 Å². The van der Waals surface area contributed by atoms with Gasteiger partial charge in [0, 0.05) is 6.20 Å². The molecule has 0 radical (unpaired) electrons. The predicted octanol–water partition coefficient (Wildman–Crippen LogP) is 3.58. The van der Waals surface area contributed by atoms with Crippen LogP contribution in [0.5, 0.6) is 5.88 Å². The molecular formula is C21H24ClN3O3. The lowest BCUT2D eigenvalue weighted by Gasteiger charge is -2.28. The lowest BCUT2D eigenvalue weighted by atomic mass is 9.91. The summed E-state index contributed by atoms with van der Waals surface area (Å²) >= 11 is 6.28. The molecule has 1 atom stereocenters. The summed E-state index contributed by atoms with van der Waals surface area (Å²) in [5.41, 5.74) is 5.03. The second kappa shape index (κ2) is 8.61. The van der Waals surface area contributed by atoms with E-state index in [0.29, 0.717) is 11.4 Å².